The maximum Gasteiger partial charge on any atom is 0.135 e. The van der Waals surface area contributed by atoms with E-state index < -0.39 is 0 Å². The zero-order valence-corrected chi connectivity index (χ0v) is 16.2. The number of benzene rings is 1. The van der Waals surface area contributed by atoms with Crippen LogP contribution in [0.2, 0.25) is 0 Å². The number of aromatic nitrogens is 2. The van der Waals surface area contributed by atoms with Crippen LogP contribution in [-0.2, 0) is 13.0 Å². The lowest BCUT2D eigenvalue weighted by molar-refractivity contribution is 0.583. The number of nitrogens with zero attached hydrogens (tertiary/aromatic N) is 3. The highest BCUT2D eigenvalue weighted by atomic mass is 15.2. The van der Waals surface area contributed by atoms with Gasteiger partial charge in [0.15, 0.2) is 0 Å². The van der Waals surface area contributed by atoms with Gasteiger partial charge in [0.25, 0.3) is 0 Å². The molecule has 0 bridgehead atoms. The van der Waals surface area contributed by atoms with Crippen molar-refractivity contribution in [3.63, 3.8) is 0 Å². The highest BCUT2D eigenvalue weighted by Gasteiger charge is 2.25. The van der Waals surface area contributed by atoms with E-state index in [1.54, 1.807) is 0 Å². The molecule has 1 fully saturated rings. The Balaban J connectivity index is 1.65. The minimum Gasteiger partial charge on any atom is -0.367 e. The van der Waals surface area contributed by atoms with Crippen LogP contribution in [0.15, 0.2) is 30.3 Å². The predicted molar refractivity (Wildman–Crippen MR) is 108 cm³/mol. The zero-order valence-electron chi connectivity index (χ0n) is 16.2. The number of anilines is 2. The first-order chi connectivity index (χ1) is 12.6. The highest BCUT2D eigenvalue weighted by Crippen LogP contribution is 2.30. The number of hydrogen-bond donors (Lipinski definition) is 1. The number of rotatable bonds is 4. The van der Waals surface area contributed by atoms with Crippen molar-refractivity contribution in [1.29, 1.82) is 0 Å². The molecule has 1 atom stereocenters. The van der Waals surface area contributed by atoms with Crippen LogP contribution in [0.5, 0.6) is 0 Å². The van der Waals surface area contributed by atoms with Crippen molar-refractivity contribution < 1.29 is 0 Å². The van der Waals surface area contributed by atoms with Gasteiger partial charge in [0.2, 0.25) is 0 Å². The summed E-state index contributed by atoms with van der Waals surface area (Å²) < 4.78 is 0. The van der Waals surface area contributed by atoms with Crippen LogP contribution in [-0.4, -0.2) is 22.1 Å². The van der Waals surface area contributed by atoms with Gasteiger partial charge >= 0.3 is 0 Å². The van der Waals surface area contributed by atoms with Gasteiger partial charge in [0.1, 0.15) is 17.5 Å². The maximum atomic E-state index is 4.93. The van der Waals surface area contributed by atoms with Gasteiger partial charge in [-0.25, -0.2) is 9.97 Å². The normalized spacial score (nSPS) is 20.5. The van der Waals surface area contributed by atoms with Crippen LogP contribution in [0.1, 0.15) is 69.3 Å². The lowest BCUT2D eigenvalue weighted by Gasteiger charge is -2.36. The second-order valence-electron chi connectivity index (χ2n) is 8.20. The topological polar surface area (TPSA) is 41.1 Å². The number of hydrogen-bond acceptors (Lipinski definition) is 4. The molecule has 1 aromatic carbocycles. The SMILES string of the molecule is CC(C)c1nc(NC2CCCC2)cc(N2Cc3ccccc3C[C@@H]2C)n1. The maximum absolute atomic E-state index is 4.93. The molecular formula is C22H30N4. The Hall–Kier alpha value is -2.10. The van der Waals surface area contributed by atoms with E-state index in [1.807, 2.05) is 0 Å². The summed E-state index contributed by atoms with van der Waals surface area (Å²) in [5, 5.41) is 3.67. The summed E-state index contributed by atoms with van der Waals surface area (Å²) in [6.07, 6.45) is 6.23. The zero-order chi connectivity index (χ0) is 18.1. The Labute approximate surface area is 157 Å². The first kappa shape index (κ1) is 17.3. The van der Waals surface area contributed by atoms with Gasteiger partial charge in [-0.1, -0.05) is 51.0 Å². The molecule has 138 valence electrons. The summed E-state index contributed by atoms with van der Waals surface area (Å²) in [4.78, 5) is 12.2. The summed E-state index contributed by atoms with van der Waals surface area (Å²) in [6.45, 7) is 7.58. The van der Waals surface area contributed by atoms with Crippen LogP contribution in [0.25, 0.3) is 0 Å². The van der Waals surface area contributed by atoms with Crippen molar-refractivity contribution in [1.82, 2.24) is 9.97 Å². The molecule has 1 aliphatic heterocycles. The molecule has 1 aliphatic carbocycles. The molecule has 1 saturated carbocycles. The van der Waals surface area contributed by atoms with E-state index in [1.165, 1.54) is 36.8 Å². The first-order valence-electron chi connectivity index (χ1n) is 10.1. The van der Waals surface area contributed by atoms with Crippen LogP contribution in [0, 0.1) is 0 Å². The quantitative estimate of drug-likeness (QED) is 0.851. The van der Waals surface area contributed by atoms with E-state index in [-0.39, 0.29) is 0 Å². The van der Waals surface area contributed by atoms with Crippen LogP contribution in [0.4, 0.5) is 11.6 Å². The van der Waals surface area contributed by atoms with Crippen molar-refractivity contribution in [2.45, 2.75) is 77.4 Å². The lowest BCUT2D eigenvalue weighted by Crippen LogP contribution is -2.39. The molecule has 4 rings (SSSR count). The molecule has 26 heavy (non-hydrogen) atoms. The van der Waals surface area contributed by atoms with E-state index in [9.17, 15) is 0 Å². The summed E-state index contributed by atoms with van der Waals surface area (Å²) >= 11 is 0. The average Bonchev–Trinajstić information content (AvgIpc) is 3.13. The highest BCUT2D eigenvalue weighted by molar-refractivity contribution is 5.53. The van der Waals surface area contributed by atoms with Crippen molar-refractivity contribution in [2.24, 2.45) is 0 Å². The van der Waals surface area contributed by atoms with Crippen LogP contribution >= 0.6 is 0 Å². The monoisotopic (exact) mass is 350 g/mol. The van der Waals surface area contributed by atoms with E-state index in [0.29, 0.717) is 18.0 Å². The Kier molecular flexibility index (Phi) is 4.84. The fourth-order valence-corrected chi connectivity index (χ4v) is 4.20. The van der Waals surface area contributed by atoms with Gasteiger partial charge < -0.3 is 10.2 Å². The van der Waals surface area contributed by atoms with Gasteiger partial charge in [-0.3, -0.25) is 0 Å². The molecule has 2 aromatic rings. The summed E-state index contributed by atoms with van der Waals surface area (Å²) in [5.74, 6) is 3.32. The van der Waals surface area contributed by atoms with Gasteiger partial charge in [0.05, 0.1) is 0 Å². The van der Waals surface area contributed by atoms with Crippen LogP contribution < -0.4 is 10.2 Å². The molecule has 2 heterocycles. The summed E-state index contributed by atoms with van der Waals surface area (Å²) in [5.41, 5.74) is 2.89. The number of fused-ring (bicyclic) bond motifs is 1. The van der Waals surface area contributed by atoms with Crippen LogP contribution in [0.3, 0.4) is 0 Å². The Morgan fingerprint density at radius 1 is 1.08 bits per heavy atom. The largest absolute Gasteiger partial charge is 0.367 e. The first-order valence-corrected chi connectivity index (χ1v) is 10.1. The standard InChI is InChI=1S/C22H30N4/c1-15(2)22-24-20(23-19-10-6-7-11-19)13-21(25-22)26-14-18-9-5-4-8-17(18)12-16(26)3/h4-5,8-9,13,15-16,19H,6-7,10-12,14H2,1-3H3,(H,23,24,25)/t16-/m0/s1. The fourth-order valence-electron chi connectivity index (χ4n) is 4.20. The van der Waals surface area contributed by atoms with E-state index in [4.69, 9.17) is 9.97 Å². The van der Waals surface area contributed by atoms with Gasteiger partial charge in [0, 0.05) is 30.6 Å². The average molecular weight is 351 g/mol. The molecule has 2 aliphatic rings. The Bertz CT molecular complexity index is 764. The van der Waals surface area contributed by atoms with Crippen molar-refractivity contribution in [3.8, 4) is 0 Å². The lowest BCUT2D eigenvalue weighted by atomic mass is 9.95. The Morgan fingerprint density at radius 2 is 1.81 bits per heavy atom. The molecule has 0 radical (unpaired) electrons. The molecule has 0 saturated heterocycles. The predicted octanol–water partition coefficient (Wildman–Crippen LogP) is 4.91. The summed E-state index contributed by atoms with van der Waals surface area (Å²) in [7, 11) is 0. The second kappa shape index (κ2) is 7.26. The molecule has 0 unspecified atom stereocenters. The third-order valence-electron chi connectivity index (χ3n) is 5.75. The smallest absolute Gasteiger partial charge is 0.135 e. The minimum absolute atomic E-state index is 0.325. The Morgan fingerprint density at radius 3 is 2.54 bits per heavy atom. The molecule has 4 nitrogen and oxygen atoms in total. The van der Waals surface area contributed by atoms with Crippen molar-refractivity contribution in [3.05, 3.63) is 47.3 Å². The van der Waals surface area contributed by atoms with Crippen molar-refractivity contribution >= 4 is 11.6 Å². The third kappa shape index (κ3) is 3.55. The molecule has 4 heteroatoms. The summed E-state index contributed by atoms with van der Waals surface area (Å²) in [6, 6.07) is 12.0. The molecule has 1 aromatic heterocycles. The molecular weight excluding hydrogens is 320 g/mol. The van der Waals surface area contributed by atoms with Gasteiger partial charge in [-0.2, -0.15) is 0 Å². The third-order valence-corrected chi connectivity index (χ3v) is 5.75. The molecule has 0 amide bonds. The van der Waals surface area contributed by atoms with E-state index >= 15 is 0 Å². The number of nitrogens with one attached hydrogen (secondary N) is 1. The van der Waals surface area contributed by atoms with E-state index in [2.05, 4.69) is 61.3 Å². The molecule has 1 N–H and O–H groups in total. The fraction of sp³-hybridized carbons (Fsp3) is 0.545. The van der Waals surface area contributed by atoms with Gasteiger partial charge in [-0.15, -0.1) is 0 Å². The second-order valence-corrected chi connectivity index (χ2v) is 8.20. The van der Waals surface area contributed by atoms with Gasteiger partial charge in [-0.05, 0) is 37.3 Å². The van der Waals surface area contributed by atoms with Crippen molar-refractivity contribution in [2.75, 3.05) is 10.2 Å². The van der Waals surface area contributed by atoms with E-state index in [0.717, 1.165) is 30.4 Å². The molecule has 0 spiro atoms. The minimum atomic E-state index is 0.325.